The summed E-state index contributed by atoms with van der Waals surface area (Å²) in [6, 6.07) is 0. The SMILES string of the molecule is CP([O-])(=S)CP([O-])([O-])=S.[Na+].[Na+].[Na+]. The minimum absolute atomic E-state index is 0. The van der Waals surface area contributed by atoms with Crippen molar-refractivity contribution in [2.24, 2.45) is 0 Å². The second kappa shape index (κ2) is 10.3. The molecule has 0 aliphatic heterocycles. The topological polar surface area (TPSA) is 69.2 Å². The van der Waals surface area contributed by atoms with Gasteiger partial charge in [0.2, 0.25) is 0 Å². The maximum absolute atomic E-state index is 10.6. The smallest absolute Gasteiger partial charge is 0.832 e. The van der Waals surface area contributed by atoms with Crippen LogP contribution in [0.4, 0.5) is 0 Å². The van der Waals surface area contributed by atoms with E-state index in [-0.39, 0.29) is 88.7 Å². The van der Waals surface area contributed by atoms with Gasteiger partial charge in [-0.3, -0.25) is 0 Å². The third-order valence-corrected chi connectivity index (χ3v) is 5.95. The molecule has 3 nitrogen and oxygen atoms in total. The molecular formula is C2H5Na3O3P2S2. The van der Waals surface area contributed by atoms with Gasteiger partial charge in [-0.15, -0.1) is 29.9 Å². The Morgan fingerprint density at radius 2 is 1.25 bits per heavy atom. The van der Waals surface area contributed by atoms with E-state index < -0.39 is 18.7 Å². The zero-order valence-corrected chi connectivity index (χ0v) is 17.1. The van der Waals surface area contributed by atoms with Crippen molar-refractivity contribution in [3.63, 3.8) is 0 Å². The van der Waals surface area contributed by atoms with Gasteiger partial charge in [-0.05, 0) is 12.6 Å². The molecule has 0 aromatic carbocycles. The van der Waals surface area contributed by atoms with E-state index in [4.69, 9.17) is 0 Å². The van der Waals surface area contributed by atoms with Crippen LogP contribution in [0.25, 0.3) is 0 Å². The van der Waals surface area contributed by atoms with Crippen molar-refractivity contribution in [2.45, 2.75) is 0 Å². The van der Waals surface area contributed by atoms with Gasteiger partial charge in [0, 0.05) is 0 Å². The van der Waals surface area contributed by atoms with Crippen LogP contribution >= 0.6 is 12.8 Å². The summed E-state index contributed by atoms with van der Waals surface area (Å²) in [5.74, 6) is -0.523. The van der Waals surface area contributed by atoms with E-state index in [1.165, 1.54) is 6.66 Å². The van der Waals surface area contributed by atoms with E-state index in [2.05, 4.69) is 23.6 Å². The molecule has 0 bridgehead atoms. The van der Waals surface area contributed by atoms with E-state index in [1.807, 2.05) is 0 Å². The molecule has 0 radical (unpaired) electrons. The maximum atomic E-state index is 10.6. The standard InChI is InChI=1S/C2H8O3P2S2.3Na/c1-6(3,8)2-7(4,5)9;;;/h2H2,1H3,(H,3,8)(H2,4,5,9);;;/q;3*+1/p-3. The zero-order valence-electron chi connectivity index (χ0n) is 7.64. The summed E-state index contributed by atoms with van der Waals surface area (Å²) < 4.78 is 0. The molecule has 12 heavy (non-hydrogen) atoms. The van der Waals surface area contributed by atoms with Gasteiger partial charge < -0.3 is 14.7 Å². The van der Waals surface area contributed by atoms with Crippen LogP contribution in [0.3, 0.4) is 0 Å². The van der Waals surface area contributed by atoms with Crippen molar-refractivity contribution < 1.29 is 103 Å². The van der Waals surface area contributed by atoms with Crippen LogP contribution in [0.15, 0.2) is 0 Å². The molecule has 0 heterocycles. The van der Waals surface area contributed by atoms with E-state index in [0.717, 1.165) is 0 Å². The van der Waals surface area contributed by atoms with Gasteiger partial charge in [-0.2, -0.15) is 0 Å². The first-order chi connectivity index (χ1) is 3.71. The van der Waals surface area contributed by atoms with Crippen molar-refractivity contribution in [1.82, 2.24) is 0 Å². The fraction of sp³-hybridized carbons (Fsp3) is 1.00. The van der Waals surface area contributed by atoms with Crippen LogP contribution in [-0.4, -0.2) is 12.6 Å². The first kappa shape index (κ1) is 25.1. The molecule has 0 amide bonds. The maximum Gasteiger partial charge on any atom is 1.00 e. The Bertz CT molecular complexity index is 168. The monoisotopic (exact) mass is 272 g/mol. The molecule has 0 aliphatic carbocycles. The Balaban J connectivity index is -0.000000107. The first-order valence-corrected chi connectivity index (χ1v) is 8.17. The predicted octanol–water partition coefficient (Wildman–Crippen LogP) is -10.6. The Morgan fingerprint density at radius 3 is 1.25 bits per heavy atom. The Hall–Kier alpha value is 4.18. The van der Waals surface area contributed by atoms with Crippen LogP contribution in [0.2, 0.25) is 0 Å². The van der Waals surface area contributed by atoms with Crippen molar-refractivity contribution >= 4 is 36.4 Å². The third-order valence-electron chi connectivity index (χ3n) is 0.430. The summed E-state index contributed by atoms with van der Waals surface area (Å²) >= 11 is 8.34. The predicted molar refractivity (Wildman–Crippen MR) is 39.4 cm³/mol. The number of hydrogen-bond acceptors (Lipinski definition) is 5. The molecule has 10 heteroatoms. The van der Waals surface area contributed by atoms with E-state index >= 15 is 0 Å². The Morgan fingerprint density at radius 1 is 1.00 bits per heavy atom. The van der Waals surface area contributed by atoms with Crippen LogP contribution in [0.1, 0.15) is 0 Å². The van der Waals surface area contributed by atoms with Crippen molar-refractivity contribution in [3.8, 4) is 0 Å². The number of hydrogen-bond donors (Lipinski definition) is 0. The molecule has 0 saturated heterocycles. The van der Waals surface area contributed by atoms with Crippen LogP contribution in [-0.2, 0) is 23.6 Å². The zero-order chi connectivity index (χ0) is 7.71. The largest absolute Gasteiger partial charge is 1.00 e. The molecule has 0 aromatic rings. The normalized spacial score (nSPS) is 14.3. The molecule has 0 saturated carbocycles. The fourth-order valence-electron chi connectivity index (χ4n) is 0.315. The van der Waals surface area contributed by atoms with E-state index in [1.54, 1.807) is 0 Å². The summed E-state index contributed by atoms with van der Waals surface area (Å²) in [5, 5.41) is 0. The third kappa shape index (κ3) is 23.8. The summed E-state index contributed by atoms with van der Waals surface area (Å²) in [5.41, 5.74) is 0. The van der Waals surface area contributed by atoms with Gasteiger partial charge in [-0.1, -0.05) is 0 Å². The average Bonchev–Trinajstić information content (AvgIpc) is 1.14. The van der Waals surface area contributed by atoms with Gasteiger partial charge >= 0.3 is 88.7 Å². The van der Waals surface area contributed by atoms with Crippen molar-refractivity contribution in [2.75, 3.05) is 12.6 Å². The molecular weight excluding hydrogens is 267 g/mol. The van der Waals surface area contributed by atoms with Gasteiger partial charge in [0.05, 0.1) is 0 Å². The Labute approximate surface area is 149 Å². The first-order valence-electron chi connectivity index (χ1n) is 1.99. The average molecular weight is 272 g/mol. The van der Waals surface area contributed by atoms with Gasteiger partial charge in [0.25, 0.3) is 0 Å². The molecule has 56 valence electrons. The molecule has 0 fully saturated rings. The molecule has 0 rings (SSSR count). The minimum atomic E-state index is -3.82. The van der Waals surface area contributed by atoms with Crippen molar-refractivity contribution in [3.05, 3.63) is 0 Å². The van der Waals surface area contributed by atoms with Crippen LogP contribution in [0.5, 0.6) is 0 Å². The molecule has 1 unspecified atom stereocenters. The van der Waals surface area contributed by atoms with E-state index in [0.29, 0.717) is 0 Å². The second-order valence-corrected chi connectivity index (χ2v) is 10.1. The van der Waals surface area contributed by atoms with Crippen LogP contribution < -0.4 is 103 Å². The van der Waals surface area contributed by atoms with Crippen molar-refractivity contribution in [1.29, 1.82) is 0 Å². The summed E-state index contributed by atoms with van der Waals surface area (Å²) in [7, 11) is 0. The fourth-order valence-corrected chi connectivity index (χ4v) is 6.84. The molecule has 0 aliphatic rings. The van der Waals surface area contributed by atoms with E-state index in [9.17, 15) is 14.7 Å². The second-order valence-electron chi connectivity index (χ2n) is 1.77. The summed E-state index contributed by atoms with van der Waals surface area (Å²) in [4.78, 5) is 31.1. The molecule has 1 atom stereocenters. The molecule has 0 aromatic heterocycles. The van der Waals surface area contributed by atoms with Gasteiger partial charge in [-0.25, -0.2) is 6.49 Å². The minimum Gasteiger partial charge on any atom is -0.832 e. The summed E-state index contributed by atoms with van der Waals surface area (Å²) in [6.07, 6.45) is -2.88. The summed E-state index contributed by atoms with van der Waals surface area (Å²) in [6.45, 7) is -2.60. The quantitative estimate of drug-likeness (QED) is 0.369. The van der Waals surface area contributed by atoms with Gasteiger partial charge in [0.1, 0.15) is 0 Å². The van der Waals surface area contributed by atoms with Gasteiger partial charge in [0.15, 0.2) is 0 Å². The molecule has 0 N–H and O–H groups in total. The Kier molecular flexibility index (Phi) is 21.7. The molecule has 0 spiro atoms. The van der Waals surface area contributed by atoms with Crippen LogP contribution in [0, 0.1) is 0 Å². The number of rotatable bonds is 2.